The van der Waals surface area contributed by atoms with Gasteiger partial charge in [0.1, 0.15) is 12.4 Å². The Morgan fingerprint density at radius 2 is 1.88 bits per heavy atom. The molecule has 2 aromatic rings. The van der Waals surface area contributed by atoms with E-state index in [1.807, 2.05) is 36.4 Å². The summed E-state index contributed by atoms with van der Waals surface area (Å²) in [6.07, 6.45) is 2.71. The third kappa shape index (κ3) is 3.86. The van der Waals surface area contributed by atoms with Crippen LogP contribution in [0.4, 0.5) is 0 Å². The first kappa shape index (κ1) is 17.9. The monoisotopic (exact) mass is 359 g/mol. The van der Waals surface area contributed by atoms with Crippen molar-refractivity contribution in [2.75, 3.05) is 20.7 Å². The van der Waals surface area contributed by atoms with Crippen LogP contribution in [0.3, 0.4) is 0 Å². The maximum absolute atomic E-state index is 11.8. The highest BCUT2D eigenvalue weighted by Crippen LogP contribution is 2.44. The van der Waals surface area contributed by atoms with E-state index < -0.39 is 7.75 Å². The van der Waals surface area contributed by atoms with Crippen molar-refractivity contribution in [3.8, 4) is 5.75 Å². The summed E-state index contributed by atoms with van der Waals surface area (Å²) in [7, 11) is -0.871. The second kappa shape index (κ2) is 7.54. The Bertz CT molecular complexity index is 784. The third-order valence-corrected chi connectivity index (χ3v) is 5.88. The minimum absolute atomic E-state index is 0.413. The van der Waals surface area contributed by atoms with E-state index in [1.165, 1.54) is 11.8 Å². The van der Waals surface area contributed by atoms with E-state index >= 15 is 0 Å². The standard InChI is InChI=1S/C19H22NO4P/c1-20(25(21,22)23-2)13-7-11-17-16-9-4-3-8-15(16)14-24-19-12-6-5-10-18(17)19/h3-6,8-12H,7,13-14H2,1-2H3,(H,21,22)/b17-11-. The van der Waals surface area contributed by atoms with Crippen molar-refractivity contribution in [1.29, 1.82) is 0 Å². The molecule has 25 heavy (non-hydrogen) atoms. The Labute approximate surface area is 148 Å². The highest BCUT2D eigenvalue weighted by atomic mass is 31.2. The fraction of sp³-hybridized carbons (Fsp3) is 0.263. The van der Waals surface area contributed by atoms with E-state index in [9.17, 15) is 9.46 Å². The Hall–Kier alpha value is -1.91. The molecule has 0 saturated heterocycles. The van der Waals surface area contributed by atoms with E-state index in [0.29, 0.717) is 19.6 Å². The molecule has 0 aliphatic carbocycles. The van der Waals surface area contributed by atoms with E-state index in [0.717, 1.165) is 28.0 Å². The minimum Gasteiger partial charge on any atom is -0.488 e. The maximum atomic E-state index is 11.8. The summed E-state index contributed by atoms with van der Waals surface area (Å²) >= 11 is 0. The van der Waals surface area contributed by atoms with E-state index in [1.54, 1.807) is 7.05 Å². The number of benzene rings is 2. The van der Waals surface area contributed by atoms with Crippen LogP contribution in [-0.2, 0) is 15.7 Å². The van der Waals surface area contributed by atoms with Crippen LogP contribution in [0.1, 0.15) is 23.1 Å². The lowest BCUT2D eigenvalue weighted by Crippen LogP contribution is -2.16. The third-order valence-electron chi connectivity index (χ3n) is 4.34. The maximum Gasteiger partial charge on any atom is 0.405 e. The lowest BCUT2D eigenvalue weighted by atomic mass is 9.93. The first-order chi connectivity index (χ1) is 12.0. The number of hydrogen-bond donors (Lipinski definition) is 1. The molecule has 0 fully saturated rings. The topological polar surface area (TPSA) is 59.0 Å². The van der Waals surface area contributed by atoms with Crippen LogP contribution in [0.15, 0.2) is 54.6 Å². The van der Waals surface area contributed by atoms with Crippen LogP contribution >= 0.6 is 7.75 Å². The molecule has 2 aromatic carbocycles. The minimum atomic E-state index is -3.70. The second-order valence-electron chi connectivity index (χ2n) is 5.90. The molecular formula is C19H22NO4P. The molecule has 6 heteroatoms. The average Bonchev–Trinajstić information content (AvgIpc) is 2.79. The average molecular weight is 359 g/mol. The molecule has 1 heterocycles. The van der Waals surface area contributed by atoms with Crippen LogP contribution in [0.25, 0.3) is 5.57 Å². The van der Waals surface area contributed by atoms with E-state index in [2.05, 4.69) is 22.7 Å². The van der Waals surface area contributed by atoms with E-state index in [-0.39, 0.29) is 0 Å². The van der Waals surface area contributed by atoms with Crippen molar-refractivity contribution in [2.45, 2.75) is 13.0 Å². The van der Waals surface area contributed by atoms with Gasteiger partial charge in [-0.05, 0) is 36.2 Å². The summed E-state index contributed by atoms with van der Waals surface area (Å²) in [5.41, 5.74) is 4.38. The molecule has 132 valence electrons. The second-order valence-corrected chi connectivity index (χ2v) is 7.93. The van der Waals surface area contributed by atoms with Crippen LogP contribution < -0.4 is 4.74 Å². The number of para-hydroxylation sites is 1. The van der Waals surface area contributed by atoms with Gasteiger partial charge in [-0.2, -0.15) is 0 Å². The molecule has 0 radical (unpaired) electrons. The van der Waals surface area contributed by atoms with Crippen molar-refractivity contribution < 1.29 is 18.7 Å². The normalized spacial score (nSPS) is 17.4. The van der Waals surface area contributed by atoms with Crippen LogP contribution in [0.5, 0.6) is 5.75 Å². The van der Waals surface area contributed by atoms with Gasteiger partial charge in [-0.25, -0.2) is 9.24 Å². The fourth-order valence-corrected chi connectivity index (χ4v) is 3.55. The van der Waals surface area contributed by atoms with Gasteiger partial charge in [0.25, 0.3) is 0 Å². The molecule has 0 saturated carbocycles. The summed E-state index contributed by atoms with van der Waals surface area (Å²) < 4.78 is 23.8. The number of rotatable bonds is 5. The van der Waals surface area contributed by atoms with Crippen molar-refractivity contribution in [2.24, 2.45) is 0 Å². The van der Waals surface area contributed by atoms with Crippen molar-refractivity contribution >= 4 is 13.3 Å². The van der Waals surface area contributed by atoms with Gasteiger partial charge in [-0.15, -0.1) is 0 Å². The van der Waals surface area contributed by atoms with Crippen LogP contribution in [-0.4, -0.2) is 30.3 Å². The zero-order valence-electron chi connectivity index (χ0n) is 14.4. The molecule has 0 spiro atoms. The number of nitrogens with zero attached hydrogens (tertiary/aromatic N) is 1. The number of ether oxygens (including phenoxy) is 1. The smallest absolute Gasteiger partial charge is 0.405 e. The Balaban J connectivity index is 1.93. The molecule has 0 bridgehead atoms. The van der Waals surface area contributed by atoms with E-state index in [4.69, 9.17) is 4.74 Å². The Morgan fingerprint density at radius 1 is 1.20 bits per heavy atom. The number of hydrogen-bond acceptors (Lipinski definition) is 3. The fourth-order valence-electron chi connectivity index (χ4n) is 2.91. The van der Waals surface area contributed by atoms with Crippen molar-refractivity contribution in [1.82, 2.24) is 4.67 Å². The highest BCUT2D eigenvalue weighted by Gasteiger charge is 2.24. The van der Waals surface area contributed by atoms with Gasteiger partial charge in [0, 0.05) is 19.2 Å². The summed E-state index contributed by atoms with van der Waals surface area (Å²) in [6, 6.07) is 16.1. The van der Waals surface area contributed by atoms with Gasteiger partial charge in [0.05, 0.1) is 0 Å². The van der Waals surface area contributed by atoms with Gasteiger partial charge < -0.3 is 14.2 Å². The van der Waals surface area contributed by atoms with Crippen molar-refractivity contribution in [3.05, 3.63) is 71.3 Å². The molecule has 5 nitrogen and oxygen atoms in total. The van der Waals surface area contributed by atoms with Gasteiger partial charge in [0.2, 0.25) is 0 Å². The van der Waals surface area contributed by atoms with Gasteiger partial charge in [-0.1, -0.05) is 48.5 Å². The zero-order chi connectivity index (χ0) is 17.9. The Morgan fingerprint density at radius 3 is 2.64 bits per heavy atom. The predicted molar refractivity (Wildman–Crippen MR) is 98.4 cm³/mol. The molecule has 3 rings (SSSR count). The Kier molecular flexibility index (Phi) is 5.40. The van der Waals surface area contributed by atoms with Gasteiger partial charge in [-0.3, -0.25) is 0 Å². The lowest BCUT2D eigenvalue weighted by Gasteiger charge is -2.20. The van der Waals surface area contributed by atoms with Gasteiger partial charge in [0.15, 0.2) is 0 Å². The SMILES string of the molecule is COP(=O)(O)N(C)CC/C=C1/c2ccccc2COc2ccccc21. The zero-order valence-corrected chi connectivity index (χ0v) is 15.3. The highest BCUT2D eigenvalue weighted by molar-refractivity contribution is 7.50. The predicted octanol–water partition coefficient (Wildman–Crippen LogP) is 4.08. The molecule has 1 unspecified atom stereocenters. The molecule has 1 aliphatic heterocycles. The number of fused-ring (bicyclic) bond motifs is 2. The molecule has 0 aromatic heterocycles. The van der Waals surface area contributed by atoms with Crippen LogP contribution in [0, 0.1) is 0 Å². The molecule has 1 N–H and O–H groups in total. The molecule has 1 atom stereocenters. The first-order valence-corrected chi connectivity index (χ1v) is 9.67. The van der Waals surface area contributed by atoms with Gasteiger partial charge >= 0.3 is 7.75 Å². The largest absolute Gasteiger partial charge is 0.488 e. The summed E-state index contributed by atoms with van der Waals surface area (Å²) in [5.74, 6) is 0.850. The molecular weight excluding hydrogens is 337 g/mol. The quantitative estimate of drug-likeness (QED) is 0.815. The van der Waals surface area contributed by atoms with Crippen LogP contribution in [0.2, 0.25) is 0 Å². The summed E-state index contributed by atoms with van der Waals surface area (Å²) in [5, 5.41) is 0. The summed E-state index contributed by atoms with van der Waals surface area (Å²) in [6.45, 7) is 0.941. The van der Waals surface area contributed by atoms with Crippen molar-refractivity contribution in [3.63, 3.8) is 0 Å². The summed E-state index contributed by atoms with van der Waals surface area (Å²) in [4.78, 5) is 9.71. The molecule has 1 aliphatic rings. The lowest BCUT2D eigenvalue weighted by molar-refractivity contribution is 0.253. The first-order valence-electron chi connectivity index (χ1n) is 8.13. The molecule has 0 amide bonds.